The van der Waals surface area contributed by atoms with E-state index in [9.17, 15) is 9.18 Å². The van der Waals surface area contributed by atoms with Gasteiger partial charge < -0.3 is 20.7 Å². The third-order valence-corrected chi connectivity index (χ3v) is 7.91. The van der Waals surface area contributed by atoms with Crippen LogP contribution in [0, 0.1) is 12.7 Å². The SMILES string of the molecule is Cc1nc2sc(C(=O)N[C@H]3COc4cc(N5CCCCC5)cc(F)c4C3)c(N)c2s1. The van der Waals surface area contributed by atoms with Crippen molar-refractivity contribution < 1.29 is 13.9 Å². The Bertz CT molecular complexity index is 1120. The van der Waals surface area contributed by atoms with Crippen molar-refractivity contribution in [1.82, 2.24) is 10.3 Å². The van der Waals surface area contributed by atoms with Crippen molar-refractivity contribution in [3.63, 3.8) is 0 Å². The summed E-state index contributed by atoms with van der Waals surface area (Å²) in [4.78, 5) is 20.6. The number of thiophene rings is 1. The highest BCUT2D eigenvalue weighted by molar-refractivity contribution is 7.29. The number of nitrogens with two attached hydrogens (primary N) is 1. The predicted octanol–water partition coefficient (Wildman–Crippen LogP) is 4.11. The van der Waals surface area contributed by atoms with Crippen molar-refractivity contribution in [2.75, 3.05) is 30.3 Å². The molecule has 0 spiro atoms. The highest BCUT2D eigenvalue weighted by Crippen LogP contribution is 2.38. The van der Waals surface area contributed by atoms with Crippen LogP contribution in [-0.2, 0) is 6.42 Å². The Hall–Kier alpha value is -2.39. The Morgan fingerprint density at radius 2 is 2.10 bits per heavy atom. The molecule has 1 atom stereocenters. The Kier molecular flexibility index (Phi) is 5.02. The van der Waals surface area contributed by atoms with Gasteiger partial charge in [0.15, 0.2) is 0 Å². The van der Waals surface area contributed by atoms with Crippen molar-refractivity contribution in [3.8, 4) is 5.75 Å². The van der Waals surface area contributed by atoms with Crippen LogP contribution in [0.3, 0.4) is 0 Å². The average Bonchev–Trinajstić information content (AvgIpc) is 3.26. The zero-order valence-electron chi connectivity index (χ0n) is 16.7. The number of amides is 1. The van der Waals surface area contributed by atoms with E-state index in [1.807, 2.05) is 13.0 Å². The fourth-order valence-electron chi connectivity index (χ4n) is 4.17. The molecule has 5 rings (SSSR count). The molecule has 0 radical (unpaired) electrons. The lowest BCUT2D eigenvalue weighted by Gasteiger charge is -2.31. The number of nitrogens with zero attached hydrogens (tertiary/aromatic N) is 2. The number of carbonyl (C=O) groups excluding carboxylic acids is 1. The first kappa shape index (κ1) is 19.6. The molecule has 0 aliphatic carbocycles. The molecule has 1 aromatic carbocycles. The summed E-state index contributed by atoms with van der Waals surface area (Å²) >= 11 is 2.77. The van der Waals surface area contributed by atoms with Gasteiger partial charge in [-0.25, -0.2) is 9.37 Å². The first-order valence-corrected chi connectivity index (χ1v) is 11.8. The fourth-order valence-corrected chi connectivity index (χ4v) is 6.26. The summed E-state index contributed by atoms with van der Waals surface area (Å²) in [6.45, 7) is 4.12. The minimum absolute atomic E-state index is 0.261. The average molecular weight is 447 g/mol. The lowest BCUT2D eigenvalue weighted by Crippen LogP contribution is -2.43. The Labute approximate surface area is 181 Å². The first-order chi connectivity index (χ1) is 14.5. The summed E-state index contributed by atoms with van der Waals surface area (Å²) in [6, 6.07) is 3.22. The van der Waals surface area contributed by atoms with Crippen LogP contribution in [-0.4, -0.2) is 36.6 Å². The number of aryl methyl sites for hydroxylation is 1. The lowest BCUT2D eigenvalue weighted by molar-refractivity contribution is 0.0919. The second-order valence-corrected chi connectivity index (χ2v) is 10.1. The van der Waals surface area contributed by atoms with Crippen molar-refractivity contribution >= 4 is 49.5 Å². The molecule has 6 nitrogen and oxygen atoms in total. The van der Waals surface area contributed by atoms with Crippen LogP contribution in [0.4, 0.5) is 15.8 Å². The fraction of sp³-hybridized carbons (Fsp3) is 0.429. The Morgan fingerprint density at radius 1 is 1.30 bits per heavy atom. The van der Waals surface area contributed by atoms with E-state index in [4.69, 9.17) is 10.5 Å². The smallest absolute Gasteiger partial charge is 0.263 e. The maximum atomic E-state index is 14.9. The molecule has 158 valence electrons. The van der Waals surface area contributed by atoms with E-state index in [1.54, 1.807) is 6.07 Å². The number of benzene rings is 1. The van der Waals surface area contributed by atoms with Gasteiger partial charge >= 0.3 is 0 Å². The standard InChI is InChI=1S/C21H23FN4O2S2/c1-11-24-21-19(29-11)17(23)18(30-21)20(27)25-12-7-14-15(22)8-13(9-16(14)28-10-12)26-5-3-2-4-6-26/h8-9,12H,2-7,10,23H2,1H3,(H,25,27)/t12-/m1/s1. The van der Waals surface area contributed by atoms with E-state index in [0.29, 0.717) is 34.9 Å². The number of rotatable bonds is 3. The molecule has 1 fully saturated rings. The molecule has 0 unspecified atom stereocenters. The van der Waals surface area contributed by atoms with Crippen molar-refractivity contribution in [2.24, 2.45) is 0 Å². The largest absolute Gasteiger partial charge is 0.491 e. The molecule has 2 aliphatic rings. The minimum atomic E-state index is -0.311. The van der Waals surface area contributed by atoms with Gasteiger partial charge in [-0.3, -0.25) is 4.79 Å². The van der Waals surface area contributed by atoms with Crippen LogP contribution in [0.2, 0.25) is 0 Å². The van der Waals surface area contributed by atoms with Gasteiger partial charge in [-0.1, -0.05) is 0 Å². The van der Waals surface area contributed by atoms with Crippen LogP contribution in [0.15, 0.2) is 12.1 Å². The molecular weight excluding hydrogens is 423 g/mol. The first-order valence-electron chi connectivity index (χ1n) is 10.2. The molecule has 9 heteroatoms. The third-order valence-electron chi connectivity index (χ3n) is 5.68. The Balaban J connectivity index is 1.32. The van der Waals surface area contributed by atoms with Gasteiger partial charge in [0.1, 0.15) is 27.9 Å². The third kappa shape index (κ3) is 3.50. The van der Waals surface area contributed by atoms with E-state index < -0.39 is 0 Å². The number of hydrogen-bond acceptors (Lipinski definition) is 7. The maximum absolute atomic E-state index is 14.9. The number of nitrogen functional groups attached to an aromatic ring is 1. The molecule has 1 amide bonds. The van der Waals surface area contributed by atoms with Crippen molar-refractivity contribution in [3.05, 3.63) is 33.4 Å². The topological polar surface area (TPSA) is 80.5 Å². The summed E-state index contributed by atoms with van der Waals surface area (Å²) < 4.78 is 21.6. The number of anilines is 2. The monoisotopic (exact) mass is 446 g/mol. The molecule has 0 saturated carbocycles. The van der Waals surface area contributed by atoms with E-state index in [0.717, 1.165) is 46.2 Å². The number of halogens is 1. The number of fused-ring (bicyclic) bond motifs is 2. The number of nitrogens with one attached hydrogen (secondary N) is 1. The van der Waals surface area contributed by atoms with Gasteiger partial charge in [-0.05, 0) is 32.3 Å². The van der Waals surface area contributed by atoms with E-state index in [1.165, 1.54) is 29.1 Å². The quantitative estimate of drug-likeness (QED) is 0.633. The number of carbonyl (C=O) groups is 1. The number of piperidine rings is 1. The minimum Gasteiger partial charge on any atom is -0.491 e. The van der Waals surface area contributed by atoms with Gasteiger partial charge in [0.2, 0.25) is 0 Å². The second kappa shape index (κ2) is 7.70. The molecule has 4 heterocycles. The van der Waals surface area contributed by atoms with Crippen molar-refractivity contribution in [2.45, 2.75) is 38.6 Å². The highest BCUT2D eigenvalue weighted by atomic mass is 32.1. The van der Waals surface area contributed by atoms with Gasteiger partial charge in [-0.2, -0.15) is 0 Å². The van der Waals surface area contributed by atoms with Crippen LogP contribution < -0.4 is 20.7 Å². The summed E-state index contributed by atoms with van der Waals surface area (Å²) in [5.41, 5.74) is 8.03. The highest BCUT2D eigenvalue weighted by Gasteiger charge is 2.28. The molecular formula is C21H23FN4O2S2. The predicted molar refractivity (Wildman–Crippen MR) is 120 cm³/mol. The number of ether oxygens (including phenoxy) is 1. The summed E-state index contributed by atoms with van der Waals surface area (Å²) in [5, 5.41) is 3.88. The number of thiazole rings is 1. The van der Waals surface area contributed by atoms with Crippen LogP contribution in [0.25, 0.3) is 9.53 Å². The Morgan fingerprint density at radius 3 is 2.87 bits per heavy atom. The summed E-state index contributed by atoms with van der Waals surface area (Å²) in [7, 11) is 0. The van der Waals surface area contributed by atoms with E-state index >= 15 is 0 Å². The van der Waals surface area contributed by atoms with Crippen LogP contribution in [0.1, 0.15) is 39.5 Å². The van der Waals surface area contributed by atoms with Crippen LogP contribution >= 0.6 is 22.7 Å². The molecule has 1 saturated heterocycles. The van der Waals surface area contributed by atoms with Gasteiger partial charge in [0.05, 0.1) is 21.4 Å². The van der Waals surface area contributed by atoms with E-state index in [2.05, 4.69) is 15.2 Å². The van der Waals surface area contributed by atoms with Crippen LogP contribution in [0.5, 0.6) is 5.75 Å². The molecule has 2 aromatic heterocycles. The van der Waals surface area contributed by atoms with Gasteiger partial charge in [0.25, 0.3) is 5.91 Å². The molecule has 30 heavy (non-hydrogen) atoms. The number of aromatic nitrogens is 1. The second-order valence-electron chi connectivity index (χ2n) is 7.85. The normalized spacial score (nSPS) is 18.9. The zero-order valence-corrected chi connectivity index (χ0v) is 18.3. The molecule has 2 aliphatic heterocycles. The lowest BCUT2D eigenvalue weighted by atomic mass is 10.0. The zero-order chi connectivity index (χ0) is 20.8. The maximum Gasteiger partial charge on any atom is 0.263 e. The summed E-state index contributed by atoms with van der Waals surface area (Å²) in [6.07, 6.45) is 3.88. The molecule has 0 bridgehead atoms. The van der Waals surface area contributed by atoms with Gasteiger partial charge in [-0.15, -0.1) is 22.7 Å². The van der Waals surface area contributed by atoms with Gasteiger partial charge in [0, 0.05) is 36.8 Å². The molecule has 3 aromatic rings. The van der Waals surface area contributed by atoms with Crippen molar-refractivity contribution in [1.29, 1.82) is 0 Å². The number of hydrogen-bond donors (Lipinski definition) is 2. The van der Waals surface area contributed by atoms with E-state index in [-0.39, 0.29) is 17.8 Å². The summed E-state index contributed by atoms with van der Waals surface area (Å²) in [5.74, 6) is 0.0440. The molecule has 3 N–H and O–H groups in total.